The average Bonchev–Trinajstić information content (AvgIpc) is 2.35. The first-order valence-corrected chi connectivity index (χ1v) is 6.00. The van der Waals surface area contributed by atoms with Gasteiger partial charge in [0.05, 0.1) is 13.2 Å². The Morgan fingerprint density at radius 2 is 2.00 bits per heavy atom. The summed E-state index contributed by atoms with van der Waals surface area (Å²) in [5.41, 5.74) is 0. The number of hydrogen-bond acceptors (Lipinski definition) is 5. The van der Waals surface area contributed by atoms with E-state index in [4.69, 9.17) is 9.84 Å². The van der Waals surface area contributed by atoms with Gasteiger partial charge in [0.2, 0.25) is 0 Å². The van der Waals surface area contributed by atoms with Crippen molar-refractivity contribution in [3.8, 4) is 0 Å². The predicted molar refractivity (Wildman–Crippen MR) is 69.4 cm³/mol. The first kappa shape index (κ1) is 13.7. The molecule has 5 nitrogen and oxygen atoms in total. The van der Waals surface area contributed by atoms with Crippen LogP contribution in [-0.2, 0) is 4.74 Å². The Hall–Kier alpha value is -1.33. The lowest BCUT2D eigenvalue weighted by molar-refractivity contribution is 0.0922. The van der Waals surface area contributed by atoms with Crippen molar-refractivity contribution in [2.75, 3.05) is 43.5 Å². The standard InChI is InChI=1S/C12H21N3O2/c1-2-13-11-5-3-6-12(15-11)14-7-4-9-17-10-8-16/h3,5-6,16H,2,4,7-10H2,1H3,(H2,13,14,15). The first-order chi connectivity index (χ1) is 8.36. The van der Waals surface area contributed by atoms with E-state index in [9.17, 15) is 0 Å². The number of aliphatic hydroxyl groups is 1. The number of aromatic nitrogens is 1. The molecule has 1 aromatic heterocycles. The fourth-order valence-corrected chi connectivity index (χ4v) is 1.37. The number of aliphatic hydroxyl groups excluding tert-OH is 1. The molecule has 0 aliphatic rings. The zero-order valence-electron chi connectivity index (χ0n) is 10.3. The monoisotopic (exact) mass is 239 g/mol. The largest absolute Gasteiger partial charge is 0.394 e. The van der Waals surface area contributed by atoms with Gasteiger partial charge < -0.3 is 20.5 Å². The van der Waals surface area contributed by atoms with Gasteiger partial charge >= 0.3 is 0 Å². The summed E-state index contributed by atoms with van der Waals surface area (Å²) in [7, 11) is 0. The minimum Gasteiger partial charge on any atom is -0.394 e. The third-order valence-corrected chi connectivity index (χ3v) is 2.11. The van der Waals surface area contributed by atoms with Crippen molar-refractivity contribution in [1.29, 1.82) is 0 Å². The van der Waals surface area contributed by atoms with Crippen LogP contribution in [0, 0.1) is 0 Å². The molecule has 0 spiro atoms. The summed E-state index contributed by atoms with van der Waals surface area (Å²) in [6, 6.07) is 5.85. The van der Waals surface area contributed by atoms with Gasteiger partial charge in [-0.05, 0) is 25.5 Å². The van der Waals surface area contributed by atoms with E-state index in [1.807, 2.05) is 25.1 Å². The molecule has 1 rings (SSSR count). The quantitative estimate of drug-likeness (QED) is 0.567. The van der Waals surface area contributed by atoms with Crippen molar-refractivity contribution in [2.24, 2.45) is 0 Å². The van der Waals surface area contributed by atoms with E-state index in [0.29, 0.717) is 13.2 Å². The first-order valence-electron chi connectivity index (χ1n) is 6.00. The highest BCUT2D eigenvalue weighted by atomic mass is 16.5. The van der Waals surface area contributed by atoms with E-state index in [1.165, 1.54) is 0 Å². The molecule has 0 aliphatic carbocycles. The molecule has 96 valence electrons. The number of nitrogens with zero attached hydrogens (tertiary/aromatic N) is 1. The van der Waals surface area contributed by atoms with Crippen molar-refractivity contribution in [1.82, 2.24) is 4.98 Å². The third-order valence-electron chi connectivity index (χ3n) is 2.11. The van der Waals surface area contributed by atoms with Crippen molar-refractivity contribution >= 4 is 11.6 Å². The average molecular weight is 239 g/mol. The van der Waals surface area contributed by atoms with E-state index in [0.717, 1.165) is 31.1 Å². The van der Waals surface area contributed by atoms with Gasteiger partial charge in [0.25, 0.3) is 0 Å². The van der Waals surface area contributed by atoms with Crippen LogP contribution in [0.5, 0.6) is 0 Å². The second-order valence-electron chi connectivity index (χ2n) is 3.55. The highest BCUT2D eigenvalue weighted by Crippen LogP contribution is 2.08. The minimum atomic E-state index is 0.0831. The zero-order chi connectivity index (χ0) is 12.3. The lowest BCUT2D eigenvalue weighted by Crippen LogP contribution is -2.09. The number of rotatable bonds is 9. The smallest absolute Gasteiger partial charge is 0.128 e. The molecule has 1 heterocycles. The topological polar surface area (TPSA) is 66.4 Å². The van der Waals surface area contributed by atoms with Crippen molar-refractivity contribution in [2.45, 2.75) is 13.3 Å². The Kier molecular flexibility index (Phi) is 7.09. The minimum absolute atomic E-state index is 0.0831. The van der Waals surface area contributed by atoms with Gasteiger partial charge in [-0.1, -0.05) is 6.07 Å². The highest BCUT2D eigenvalue weighted by molar-refractivity contribution is 5.44. The van der Waals surface area contributed by atoms with E-state index in [2.05, 4.69) is 15.6 Å². The molecule has 17 heavy (non-hydrogen) atoms. The molecule has 5 heteroatoms. The number of nitrogens with one attached hydrogen (secondary N) is 2. The lowest BCUT2D eigenvalue weighted by Gasteiger charge is -2.08. The van der Waals surface area contributed by atoms with Crippen LogP contribution in [0.4, 0.5) is 11.6 Å². The van der Waals surface area contributed by atoms with Crippen molar-refractivity contribution in [3.05, 3.63) is 18.2 Å². The van der Waals surface area contributed by atoms with E-state index in [-0.39, 0.29) is 6.61 Å². The summed E-state index contributed by atoms with van der Waals surface area (Å²) in [6.07, 6.45) is 0.896. The summed E-state index contributed by atoms with van der Waals surface area (Å²) in [5.74, 6) is 1.75. The van der Waals surface area contributed by atoms with E-state index >= 15 is 0 Å². The summed E-state index contributed by atoms with van der Waals surface area (Å²) < 4.78 is 5.16. The summed E-state index contributed by atoms with van der Waals surface area (Å²) in [5, 5.41) is 14.9. The van der Waals surface area contributed by atoms with Crippen LogP contribution in [0.2, 0.25) is 0 Å². The Morgan fingerprint density at radius 1 is 1.24 bits per heavy atom. The molecule has 0 saturated heterocycles. The van der Waals surface area contributed by atoms with Gasteiger partial charge in [-0.25, -0.2) is 4.98 Å². The lowest BCUT2D eigenvalue weighted by atomic mass is 10.4. The Morgan fingerprint density at radius 3 is 2.71 bits per heavy atom. The fourth-order valence-electron chi connectivity index (χ4n) is 1.37. The van der Waals surface area contributed by atoms with Gasteiger partial charge in [-0.15, -0.1) is 0 Å². The third kappa shape index (κ3) is 6.09. The Balaban J connectivity index is 2.19. The second-order valence-corrected chi connectivity index (χ2v) is 3.55. The molecule has 0 aromatic carbocycles. The van der Waals surface area contributed by atoms with Crippen LogP contribution in [0.1, 0.15) is 13.3 Å². The number of anilines is 2. The molecule has 0 amide bonds. The Bertz CT molecular complexity index is 308. The van der Waals surface area contributed by atoms with Gasteiger partial charge in [0.1, 0.15) is 11.6 Å². The van der Waals surface area contributed by atoms with Crippen molar-refractivity contribution < 1.29 is 9.84 Å². The summed E-state index contributed by atoms with van der Waals surface area (Å²) >= 11 is 0. The van der Waals surface area contributed by atoms with Gasteiger partial charge in [-0.3, -0.25) is 0 Å². The SMILES string of the molecule is CCNc1cccc(NCCCOCCO)n1. The Labute approximate surface area is 102 Å². The summed E-state index contributed by atoms with van der Waals surface area (Å²) in [4.78, 5) is 4.39. The molecular weight excluding hydrogens is 218 g/mol. The van der Waals surface area contributed by atoms with Crippen LogP contribution in [0.15, 0.2) is 18.2 Å². The zero-order valence-corrected chi connectivity index (χ0v) is 10.3. The molecule has 0 atom stereocenters. The molecule has 0 bridgehead atoms. The highest BCUT2D eigenvalue weighted by Gasteiger charge is 1.95. The van der Waals surface area contributed by atoms with E-state index in [1.54, 1.807) is 0 Å². The summed E-state index contributed by atoms with van der Waals surface area (Å²) in [6.45, 7) is 4.87. The molecule has 0 unspecified atom stereocenters. The van der Waals surface area contributed by atoms with Crippen molar-refractivity contribution in [3.63, 3.8) is 0 Å². The molecule has 0 aliphatic heterocycles. The normalized spacial score (nSPS) is 10.2. The van der Waals surface area contributed by atoms with Crippen LogP contribution < -0.4 is 10.6 Å². The predicted octanol–water partition coefficient (Wildman–Crippen LogP) is 1.32. The molecular formula is C12H21N3O2. The van der Waals surface area contributed by atoms with Crippen LogP contribution in [0.25, 0.3) is 0 Å². The number of hydrogen-bond donors (Lipinski definition) is 3. The van der Waals surface area contributed by atoms with Crippen LogP contribution in [-0.4, -0.2) is 43.0 Å². The molecule has 0 saturated carbocycles. The van der Waals surface area contributed by atoms with Crippen LogP contribution in [0.3, 0.4) is 0 Å². The maximum atomic E-state index is 8.52. The van der Waals surface area contributed by atoms with Crippen LogP contribution >= 0.6 is 0 Å². The maximum absolute atomic E-state index is 8.52. The molecule has 1 aromatic rings. The molecule has 3 N–H and O–H groups in total. The van der Waals surface area contributed by atoms with Gasteiger partial charge in [0, 0.05) is 19.7 Å². The number of ether oxygens (including phenoxy) is 1. The number of pyridine rings is 1. The molecule has 0 radical (unpaired) electrons. The van der Waals surface area contributed by atoms with Gasteiger partial charge in [0.15, 0.2) is 0 Å². The maximum Gasteiger partial charge on any atom is 0.128 e. The van der Waals surface area contributed by atoms with Gasteiger partial charge in [-0.2, -0.15) is 0 Å². The van der Waals surface area contributed by atoms with E-state index < -0.39 is 0 Å². The fraction of sp³-hybridized carbons (Fsp3) is 0.583. The second kappa shape index (κ2) is 8.78. The molecule has 0 fully saturated rings.